The molecule has 2 amide bonds. The molecule has 28 heavy (non-hydrogen) atoms. The van der Waals surface area contributed by atoms with Gasteiger partial charge in [0.15, 0.2) is 11.0 Å². The fraction of sp³-hybridized carbons (Fsp3) is 0.333. The highest BCUT2D eigenvalue weighted by Gasteiger charge is 2.18. The number of nitrogens with one attached hydrogen (secondary N) is 2. The highest BCUT2D eigenvalue weighted by molar-refractivity contribution is 7.15. The van der Waals surface area contributed by atoms with Gasteiger partial charge in [0.05, 0.1) is 12.2 Å². The van der Waals surface area contributed by atoms with Crippen LogP contribution in [0, 0.1) is 18.6 Å². The molecule has 0 spiro atoms. The van der Waals surface area contributed by atoms with Gasteiger partial charge in [-0.25, -0.2) is 18.6 Å². The number of urea groups is 1. The maximum Gasteiger partial charge on any atom is 0.321 e. The summed E-state index contributed by atoms with van der Waals surface area (Å²) in [5.74, 6) is 0.469. The lowest BCUT2D eigenvalue weighted by molar-refractivity contribution is 0.251. The highest BCUT2D eigenvalue weighted by atomic mass is 32.1. The Bertz CT molecular complexity index is 1030. The van der Waals surface area contributed by atoms with E-state index >= 15 is 0 Å². The Balaban J connectivity index is 1.37. The average molecular weight is 404 g/mol. The summed E-state index contributed by atoms with van der Waals surface area (Å²) in [4.78, 5) is 17.3. The van der Waals surface area contributed by atoms with Crippen LogP contribution in [0.2, 0.25) is 0 Å². The molecule has 0 aliphatic carbocycles. The molecule has 1 aliphatic heterocycles. The Kier molecular flexibility index (Phi) is 5.03. The van der Waals surface area contributed by atoms with Gasteiger partial charge in [-0.3, -0.25) is 5.32 Å². The number of halogens is 2. The van der Waals surface area contributed by atoms with E-state index in [4.69, 9.17) is 0 Å². The number of benzene rings is 1. The number of carbonyl (C=O) groups excluding carboxylic acids is 1. The van der Waals surface area contributed by atoms with Crippen LogP contribution in [0.3, 0.4) is 0 Å². The van der Waals surface area contributed by atoms with Crippen molar-refractivity contribution < 1.29 is 13.6 Å². The number of thiazole rings is 1. The molecule has 146 valence electrons. The number of nitrogens with zero attached hydrogens (tertiary/aromatic N) is 4. The van der Waals surface area contributed by atoms with Gasteiger partial charge < -0.3 is 9.88 Å². The van der Waals surface area contributed by atoms with Crippen LogP contribution in [0.4, 0.5) is 18.7 Å². The molecule has 0 radical (unpaired) electrons. The number of hydrogen-bond donors (Lipinski definition) is 2. The average Bonchev–Trinajstić information content (AvgIpc) is 3.33. The number of fused-ring (bicyclic) bond motifs is 1. The number of carbonyl (C=O) groups is 1. The molecule has 4 rings (SSSR count). The first-order valence-electron chi connectivity index (χ1n) is 8.85. The third-order valence-corrected chi connectivity index (χ3v) is 5.65. The van der Waals surface area contributed by atoms with Crippen molar-refractivity contribution in [2.24, 2.45) is 0 Å². The summed E-state index contributed by atoms with van der Waals surface area (Å²) >= 11 is 1.26. The van der Waals surface area contributed by atoms with E-state index in [0.717, 1.165) is 42.0 Å². The maximum absolute atomic E-state index is 13.9. The molecule has 7 nitrogen and oxygen atoms in total. The summed E-state index contributed by atoms with van der Waals surface area (Å²) in [6.07, 6.45) is 2.24. The molecular weight excluding hydrogens is 386 g/mol. The number of hydrogen-bond acceptors (Lipinski definition) is 5. The van der Waals surface area contributed by atoms with Gasteiger partial charge in [0.1, 0.15) is 17.5 Å². The predicted octanol–water partition coefficient (Wildman–Crippen LogP) is 3.18. The topological polar surface area (TPSA) is 84.7 Å². The molecular formula is C18H18F2N6OS. The normalized spacial score (nSPS) is 12.8. The van der Waals surface area contributed by atoms with Gasteiger partial charge >= 0.3 is 6.03 Å². The van der Waals surface area contributed by atoms with E-state index in [2.05, 4.69) is 25.8 Å². The van der Waals surface area contributed by atoms with Crippen molar-refractivity contribution in [3.63, 3.8) is 0 Å². The Morgan fingerprint density at radius 1 is 1.32 bits per heavy atom. The number of amides is 2. The van der Waals surface area contributed by atoms with Gasteiger partial charge in [-0.05, 0) is 25.0 Å². The van der Waals surface area contributed by atoms with Gasteiger partial charge in [-0.1, -0.05) is 6.07 Å². The van der Waals surface area contributed by atoms with E-state index in [1.807, 2.05) is 4.57 Å². The van der Waals surface area contributed by atoms with Crippen molar-refractivity contribution >= 4 is 22.5 Å². The van der Waals surface area contributed by atoms with Crippen LogP contribution in [-0.4, -0.2) is 25.8 Å². The first-order chi connectivity index (χ1) is 13.5. The van der Waals surface area contributed by atoms with Gasteiger partial charge in [0, 0.05) is 30.3 Å². The molecule has 10 heteroatoms. The second-order valence-corrected chi connectivity index (χ2v) is 7.62. The van der Waals surface area contributed by atoms with E-state index in [-0.39, 0.29) is 13.0 Å². The Labute approximate surface area is 163 Å². The van der Waals surface area contributed by atoms with Gasteiger partial charge in [-0.2, -0.15) is 0 Å². The zero-order valence-electron chi connectivity index (χ0n) is 15.1. The van der Waals surface area contributed by atoms with E-state index in [1.54, 1.807) is 6.92 Å². The Hall–Kier alpha value is -2.88. The molecule has 1 aliphatic rings. The largest absolute Gasteiger partial charge is 0.331 e. The predicted molar refractivity (Wildman–Crippen MR) is 100 cm³/mol. The minimum atomic E-state index is -0.611. The zero-order valence-corrected chi connectivity index (χ0v) is 15.9. The number of anilines is 1. The molecule has 0 saturated heterocycles. The fourth-order valence-corrected chi connectivity index (χ4v) is 4.11. The SMILES string of the molecule is Cc1nc(NC(=O)NCc2nnc3n2CCC3)sc1Cc1ccc(F)cc1F. The minimum absolute atomic E-state index is 0.275. The third-order valence-electron chi connectivity index (χ3n) is 4.57. The van der Waals surface area contributed by atoms with Crippen molar-refractivity contribution in [3.05, 3.63) is 57.6 Å². The van der Waals surface area contributed by atoms with Gasteiger partial charge in [0.25, 0.3) is 0 Å². The van der Waals surface area contributed by atoms with Crippen LogP contribution >= 0.6 is 11.3 Å². The minimum Gasteiger partial charge on any atom is -0.331 e. The van der Waals surface area contributed by atoms with Crippen LogP contribution in [0.15, 0.2) is 18.2 Å². The summed E-state index contributed by atoms with van der Waals surface area (Å²) in [5.41, 5.74) is 1.07. The summed E-state index contributed by atoms with van der Waals surface area (Å²) < 4.78 is 28.9. The molecule has 0 unspecified atom stereocenters. The van der Waals surface area contributed by atoms with E-state index < -0.39 is 17.7 Å². The summed E-state index contributed by atoms with van der Waals surface area (Å²) in [6, 6.07) is 3.10. The molecule has 3 aromatic rings. The molecule has 0 saturated carbocycles. The Morgan fingerprint density at radius 2 is 2.18 bits per heavy atom. The number of aromatic nitrogens is 4. The van der Waals surface area contributed by atoms with Crippen molar-refractivity contribution in [2.45, 2.75) is 39.3 Å². The molecule has 3 heterocycles. The van der Waals surface area contributed by atoms with E-state index in [1.165, 1.54) is 23.5 Å². The lowest BCUT2D eigenvalue weighted by atomic mass is 10.1. The van der Waals surface area contributed by atoms with Crippen LogP contribution < -0.4 is 10.6 Å². The van der Waals surface area contributed by atoms with Crippen molar-refractivity contribution in [1.82, 2.24) is 25.1 Å². The van der Waals surface area contributed by atoms with Crippen molar-refractivity contribution in [1.29, 1.82) is 0 Å². The maximum atomic E-state index is 13.9. The van der Waals surface area contributed by atoms with Crippen molar-refractivity contribution in [3.8, 4) is 0 Å². The standard InChI is InChI=1S/C18H18F2N6OS/c1-10-14(7-11-4-5-12(19)8-13(11)20)28-18(22-10)23-17(27)21-9-16-25-24-15-3-2-6-26(15)16/h4-5,8H,2-3,6-7,9H2,1H3,(H2,21,22,23,27). The quantitative estimate of drug-likeness (QED) is 0.684. The van der Waals surface area contributed by atoms with Crippen LogP contribution in [0.5, 0.6) is 0 Å². The third kappa shape index (κ3) is 3.86. The van der Waals surface area contributed by atoms with Gasteiger partial charge in [-0.15, -0.1) is 21.5 Å². The number of aryl methyl sites for hydroxylation is 2. The second kappa shape index (κ2) is 7.63. The second-order valence-electron chi connectivity index (χ2n) is 6.54. The summed E-state index contributed by atoms with van der Waals surface area (Å²) in [6.45, 7) is 2.93. The molecule has 1 aromatic carbocycles. The number of rotatable bonds is 5. The van der Waals surface area contributed by atoms with E-state index in [0.29, 0.717) is 16.4 Å². The fourth-order valence-electron chi connectivity index (χ4n) is 3.13. The van der Waals surface area contributed by atoms with Crippen LogP contribution in [-0.2, 0) is 25.9 Å². The van der Waals surface area contributed by atoms with Crippen LogP contribution in [0.25, 0.3) is 0 Å². The Morgan fingerprint density at radius 3 is 3.00 bits per heavy atom. The molecule has 2 N–H and O–H groups in total. The smallest absolute Gasteiger partial charge is 0.321 e. The molecule has 0 fully saturated rings. The lowest BCUT2D eigenvalue weighted by Crippen LogP contribution is -2.29. The van der Waals surface area contributed by atoms with Gasteiger partial charge in [0.2, 0.25) is 0 Å². The molecule has 2 aromatic heterocycles. The lowest BCUT2D eigenvalue weighted by Gasteiger charge is -2.05. The first kappa shape index (κ1) is 18.5. The highest BCUT2D eigenvalue weighted by Crippen LogP contribution is 2.26. The molecule has 0 bridgehead atoms. The molecule has 0 atom stereocenters. The van der Waals surface area contributed by atoms with E-state index in [9.17, 15) is 13.6 Å². The summed E-state index contributed by atoms with van der Waals surface area (Å²) in [5, 5.41) is 14.0. The van der Waals surface area contributed by atoms with Crippen molar-refractivity contribution in [2.75, 3.05) is 5.32 Å². The zero-order chi connectivity index (χ0) is 19.7. The van der Waals surface area contributed by atoms with Crippen LogP contribution in [0.1, 0.15) is 34.2 Å². The first-order valence-corrected chi connectivity index (χ1v) is 9.67. The monoisotopic (exact) mass is 404 g/mol. The summed E-state index contributed by atoms with van der Waals surface area (Å²) in [7, 11) is 0.